The summed E-state index contributed by atoms with van der Waals surface area (Å²) in [6.45, 7) is 2.85. The minimum absolute atomic E-state index is 0. The van der Waals surface area contributed by atoms with Gasteiger partial charge >= 0.3 is 0 Å². The molecule has 3 saturated heterocycles. The van der Waals surface area contributed by atoms with Gasteiger partial charge in [0.15, 0.2) is 18.9 Å². The van der Waals surface area contributed by atoms with Crippen molar-refractivity contribution in [1.82, 2.24) is 0 Å². The molecule has 12 rings (SSSR count). The minimum Gasteiger partial charge on any atom is -0.387 e. The first kappa shape index (κ1) is 93.5. The first-order valence-corrected chi connectivity index (χ1v) is 42.6. The molecule has 9 aromatic rings. The summed E-state index contributed by atoms with van der Waals surface area (Å²) in [5, 5.41) is 30.9. The van der Waals surface area contributed by atoms with Crippen LogP contribution in [0.3, 0.4) is 0 Å². The molecule has 0 spiro atoms. The van der Waals surface area contributed by atoms with Crippen molar-refractivity contribution >= 4 is 0 Å². The van der Waals surface area contributed by atoms with E-state index in [1.807, 2.05) is 279 Å². The summed E-state index contributed by atoms with van der Waals surface area (Å²) in [5.74, 6) is 0. The van der Waals surface area contributed by atoms with E-state index in [-0.39, 0.29) is 130 Å². The van der Waals surface area contributed by atoms with Gasteiger partial charge in [-0.15, -0.1) is 0 Å². The third kappa shape index (κ3) is 30.9. The van der Waals surface area contributed by atoms with Crippen LogP contribution in [0.1, 0.15) is 134 Å². The Morgan fingerprint density at radius 2 is 0.650 bits per heavy atom. The van der Waals surface area contributed by atoms with Crippen LogP contribution in [0.15, 0.2) is 290 Å². The van der Waals surface area contributed by atoms with Gasteiger partial charge in [-0.25, -0.2) is 0 Å². The summed E-state index contributed by atoms with van der Waals surface area (Å²) in [4.78, 5) is 3.35. The van der Waals surface area contributed by atoms with E-state index in [1.54, 1.807) is 0 Å². The minimum atomic E-state index is -1.59. The maximum atomic E-state index is 13.3. The first-order valence-electron chi connectivity index (χ1n) is 42.6. The van der Waals surface area contributed by atoms with E-state index in [0.717, 1.165) is 69.3 Å². The summed E-state index contributed by atoms with van der Waals surface area (Å²) >= 11 is 0. The second kappa shape index (κ2) is 53.7. The molecule has 1 radical (unpaired) electrons. The zero-order valence-electron chi connectivity index (χ0n) is 69.1. The Labute approximate surface area is 744 Å². The number of nitrogens with zero attached hydrogens (tertiary/aromatic N) is 3. The number of aliphatic hydroxyl groups excluding tert-OH is 2. The number of unbranched alkanes of at least 4 members (excludes halogenated alkanes) is 11. The molecule has 3 fully saturated rings. The molecular formula is C99H119AcN3O17. The molecule has 0 aromatic heterocycles. The number of benzene rings is 9. The number of aliphatic hydroxyl groups is 2. The van der Waals surface area contributed by atoms with Gasteiger partial charge in [-0.3, -0.25) is 0 Å². The number of rotatable bonds is 52. The molecular weight excluding hydrogens is 1730 g/mol. The van der Waals surface area contributed by atoms with E-state index >= 15 is 0 Å². The number of ether oxygens (including phenoxy) is 15. The van der Waals surface area contributed by atoms with Crippen molar-refractivity contribution in [3.63, 3.8) is 0 Å². The Morgan fingerprint density at radius 1 is 0.342 bits per heavy atom. The zero-order valence-corrected chi connectivity index (χ0v) is 73.8. The van der Waals surface area contributed by atoms with Crippen LogP contribution in [0.4, 0.5) is 0 Å². The largest absolute Gasteiger partial charge is 0.387 e. The maximum Gasteiger partial charge on any atom is 0.187 e. The van der Waals surface area contributed by atoms with Crippen molar-refractivity contribution in [2.24, 2.45) is 5.11 Å². The molecule has 0 aliphatic carbocycles. The molecule has 20 nitrogen and oxygen atoms in total. The van der Waals surface area contributed by atoms with Gasteiger partial charge in [0.25, 0.3) is 0 Å². The van der Waals surface area contributed by atoms with Crippen LogP contribution in [-0.4, -0.2) is 141 Å². The number of hydrogen-bond donors (Lipinski definition) is 2. The van der Waals surface area contributed by atoms with E-state index in [4.69, 9.17) is 71.1 Å². The summed E-state index contributed by atoms with van der Waals surface area (Å²) in [5.41, 5.74) is 18.2. The molecule has 10 unspecified atom stereocenters. The van der Waals surface area contributed by atoms with Gasteiger partial charge in [0.2, 0.25) is 0 Å². The van der Waals surface area contributed by atoms with Crippen molar-refractivity contribution in [2.75, 3.05) is 26.4 Å². The van der Waals surface area contributed by atoms with Crippen LogP contribution < -0.4 is 0 Å². The van der Waals surface area contributed by atoms with E-state index in [1.165, 1.54) is 57.8 Å². The van der Waals surface area contributed by atoms with Crippen LogP contribution in [-0.2, 0) is 131 Å². The fraction of sp³-hybridized carbons (Fsp3) is 0.434. The number of azide groups is 1. The molecule has 3 heterocycles. The van der Waals surface area contributed by atoms with Gasteiger partial charge in [-0.1, -0.05) is 361 Å². The fourth-order valence-electron chi connectivity index (χ4n) is 15.1. The summed E-state index contributed by atoms with van der Waals surface area (Å²) < 4.78 is 106. The van der Waals surface area contributed by atoms with Gasteiger partial charge in [0, 0.05) is 49.0 Å². The normalized spacial score (nSPS) is 23.5. The first-order chi connectivity index (χ1) is 58.8. The predicted octanol–water partition coefficient (Wildman–Crippen LogP) is 18.8. The topological polar surface area (TPSA) is 228 Å². The van der Waals surface area contributed by atoms with E-state index in [0.29, 0.717) is 0 Å². The smallest absolute Gasteiger partial charge is 0.187 e. The van der Waals surface area contributed by atoms with Crippen LogP contribution in [0.25, 0.3) is 10.4 Å². The Balaban J connectivity index is 0.0000141. The Hall–Kier alpha value is -7.21. The van der Waals surface area contributed by atoms with Crippen molar-refractivity contribution in [2.45, 2.75) is 248 Å². The van der Waals surface area contributed by atoms with Crippen LogP contribution in [0, 0.1) is 44.1 Å². The number of allylic oxidation sites excluding steroid dienone is 1. The standard InChI is InChI=1S/C99H119N3O17.Ac/c1-2-3-4-5-6-7-8-9-10-11-12-13-41-60-84(108-64-77-48-29-17-30-49-77)83(101-102-100)70-114-97-89(104)93(110-66-79-52-33-19-34-53-79)91(86(115-97)72-106-62-75-44-25-15-26-45-75)118-99-96(113-69-82-58-39-22-40-59-82)95(112-68-81-56-37-21-38-57-81)92(87(117-99)73-107-63-76-46-27-16-28-47-76)119-98-94(111-67-80-54-35-20-36-55-80)88(103)90(109-65-78-50-31-18-32-51-78)85(116-98)71-105-61-74-42-23-14-24-43-74;/h14-60,83-99,103-104H,2-13,61-73H2,1H3;/b60-41+;/t83?,84-,85?,86?,87?,88?,89?,90+,91+,92+,93?,94?,95?,96?,97-,98+,99+;/m1./s1. The average molecular weight is 1850 g/mol. The van der Waals surface area contributed by atoms with Crippen molar-refractivity contribution in [1.29, 1.82) is 0 Å². The molecule has 0 bridgehead atoms. The van der Waals surface area contributed by atoms with Gasteiger partial charge in [-0.05, 0) is 68.4 Å². The van der Waals surface area contributed by atoms with Crippen LogP contribution in [0.2, 0.25) is 0 Å². The molecule has 9 aromatic carbocycles. The van der Waals surface area contributed by atoms with Gasteiger partial charge in [0.05, 0.1) is 98.0 Å². The average Bonchev–Trinajstić information content (AvgIpc) is 0.761. The third-order valence-corrected chi connectivity index (χ3v) is 21.6. The van der Waals surface area contributed by atoms with E-state index in [9.17, 15) is 15.7 Å². The molecule has 635 valence electrons. The number of hydrogen-bond acceptors (Lipinski definition) is 18. The Kier molecular flexibility index (Phi) is 41.9. The third-order valence-electron chi connectivity index (χ3n) is 21.6. The molecule has 0 amide bonds. The van der Waals surface area contributed by atoms with Gasteiger partial charge in [0.1, 0.15) is 73.2 Å². The SMILES string of the molecule is CCCCCCCCCCCCC/C=C/[C@@H](OCc1ccccc1)C(CO[C@@H]1OC(COCc2ccccc2)[C@H](O[C@@H]2OC(COCc3ccccc3)[C@H](O[C@@H]3OC(COCc4ccccc4)[C@H](OCc4ccccc4)C(O)C3OCc3ccccc3)C(OCc3ccccc3)C2OCc2ccccc2)C(OCc2ccccc2)C1O)N=[N+]=[N-].[Ac]. The van der Waals surface area contributed by atoms with Crippen molar-refractivity contribution in [3.8, 4) is 0 Å². The Bertz CT molecular complexity index is 4240. The monoisotopic (exact) mass is 1850 g/mol. The van der Waals surface area contributed by atoms with Crippen LogP contribution >= 0.6 is 0 Å². The Morgan fingerprint density at radius 3 is 1.04 bits per heavy atom. The molecule has 17 atom stereocenters. The zero-order chi connectivity index (χ0) is 81.9. The van der Waals surface area contributed by atoms with Crippen molar-refractivity contribution in [3.05, 3.63) is 346 Å². The fourth-order valence-corrected chi connectivity index (χ4v) is 15.1. The maximum absolute atomic E-state index is 13.3. The van der Waals surface area contributed by atoms with Gasteiger partial charge in [-0.2, -0.15) is 0 Å². The molecule has 3 aliphatic rings. The predicted molar refractivity (Wildman–Crippen MR) is 455 cm³/mol. The second-order valence-corrected chi connectivity index (χ2v) is 30.7. The molecule has 0 saturated carbocycles. The molecule has 3 aliphatic heterocycles. The summed E-state index contributed by atoms with van der Waals surface area (Å²) in [7, 11) is 0. The summed E-state index contributed by atoms with van der Waals surface area (Å²) in [6.07, 6.45) is -0.928. The van der Waals surface area contributed by atoms with E-state index < -0.39 is 104 Å². The second-order valence-electron chi connectivity index (χ2n) is 30.7. The van der Waals surface area contributed by atoms with Gasteiger partial charge < -0.3 is 81.3 Å². The molecule has 2 N–H and O–H groups in total. The molecule has 120 heavy (non-hydrogen) atoms. The van der Waals surface area contributed by atoms with Crippen molar-refractivity contribution < 1.29 is 125 Å². The van der Waals surface area contributed by atoms with Crippen LogP contribution in [0.5, 0.6) is 0 Å². The molecule has 21 heteroatoms. The summed E-state index contributed by atoms with van der Waals surface area (Å²) in [6, 6.07) is 87.0. The quantitative estimate of drug-likeness (QED) is 0.0119. The van der Waals surface area contributed by atoms with E-state index in [2.05, 4.69) is 23.0 Å².